The summed E-state index contributed by atoms with van der Waals surface area (Å²) in [5.74, 6) is -0.923. The van der Waals surface area contributed by atoms with E-state index in [4.69, 9.17) is 0 Å². The van der Waals surface area contributed by atoms with Crippen molar-refractivity contribution >= 4 is 34.0 Å². The van der Waals surface area contributed by atoms with Crippen LogP contribution in [0.5, 0.6) is 0 Å². The van der Waals surface area contributed by atoms with Crippen molar-refractivity contribution < 1.29 is 14.0 Å². The van der Waals surface area contributed by atoms with Gasteiger partial charge in [0, 0.05) is 22.7 Å². The van der Waals surface area contributed by atoms with E-state index >= 15 is 0 Å². The van der Waals surface area contributed by atoms with Gasteiger partial charge in [-0.2, -0.15) is 0 Å². The van der Waals surface area contributed by atoms with Crippen molar-refractivity contribution in [2.75, 3.05) is 16.8 Å². The fourth-order valence-electron chi connectivity index (χ4n) is 4.05. The van der Waals surface area contributed by atoms with Crippen molar-refractivity contribution in [1.82, 2.24) is 4.98 Å². The zero-order chi connectivity index (χ0) is 20.0. The quantitative estimate of drug-likeness (QED) is 0.709. The Morgan fingerprint density at radius 1 is 1.10 bits per heavy atom. The van der Waals surface area contributed by atoms with E-state index in [1.165, 1.54) is 41.2 Å². The second-order valence-corrected chi connectivity index (χ2v) is 8.33. The molecule has 1 atom stereocenters. The van der Waals surface area contributed by atoms with E-state index in [9.17, 15) is 14.0 Å². The van der Waals surface area contributed by atoms with Gasteiger partial charge in [0.15, 0.2) is 5.13 Å². The Morgan fingerprint density at radius 3 is 2.72 bits per heavy atom. The zero-order valence-electron chi connectivity index (χ0n) is 15.5. The molecule has 0 bridgehead atoms. The van der Waals surface area contributed by atoms with E-state index < -0.39 is 0 Å². The lowest BCUT2D eigenvalue weighted by atomic mass is 10.1. The molecule has 2 amide bonds. The number of benzene rings is 2. The molecule has 2 aliphatic rings. The highest BCUT2D eigenvalue weighted by Crippen LogP contribution is 2.41. The first-order valence-electron chi connectivity index (χ1n) is 9.56. The summed E-state index contributed by atoms with van der Waals surface area (Å²) in [5, 5.41) is 3.25. The highest BCUT2D eigenvalue weighted by atomic mass is 32.1. The molecule has 1 N–H and O–H groups in total. The largest absolute Gasteiger partial charge is 0.311 e. The second-order valence-electron chi connectivity index (χ2n) is 7.25. The Morgan fingerprint density at radius 2 is 1.90 bits per heavy atom. The first kappa shape index (κ1) is 18.0. The molecule has 3 aromatic rings. The molecule has 0 saturated heterocycles. The molecule has 29 heavy (non-hydrogen) atoms. The third kappa shape index (κ3) is 3.21. The van der Waals surface area contributed by atoms with Crippen LogP contribution in [0.4, 0.5) is 15.2 Å². The van der Waals surface area contributed by atoms with Crippen LogP contribution in [-0.2, 0) is 17.6 Å². The Kier molecular flexibility index (Phi) is 4.39. The van der Waals surface area contributed by atoms with E-state index in [0.717, 1.165) is 35.5 Å². The number of halogens is 1. The fraction of sp³-hybridized carbons (Fsp3) is 0.227. The number of carbonyl (C=O) groups excluding carboxylic acids is 2. The number of thiazole rings is 1. The van der Waals surface area contributed by atoms with Crippen LogP contribution in [0.25, 0.3) is 0 Å². The van der Waals surface area contributed by atoms with Gasteiger partial charge in [0.2, 0.25) is 5.91 Å². The van der Waals surface area contributed by atoms with Gasteiger partial charge in [-0.15, -0.1) is 11.3 Å². The number of nitrogens with zero attached hydrogens (tertiary/aromatic N) is 2. The van der Waals surface area contributed by atoms with Gasteiger partial charge >= 0.3 is 0 Å². The van der Waals surface area contributed by atoms with Crippen LogP contribution in [-0.4, -0.2) is 23.3 Å². The number of nitrogens with one attached hydrogen (secondary N) is 1. The van der Waals surface area contributed by atoms with Gasteiger partial charge in [-0.3, -0.25) is 14.9 Å². The van der Waals surface area contributed by atoms with Crippen molar-refractivity contribution in [3.05, 3.63) is 76.0 Å². The topological polar surface area (TPSA) is 62.3 Å². The average Bonchev–Trinajstić information content (AvgIpc) is 3.41. The number of anilines is 2. The standard InChI is InChI=1S/C22H18FN3O2S/c23-15-7-5-14(6-8-15)20(27)25-22-24-19-16(9-10-18(19)29-22)21(28)26-12-11-13-3-1-2-4-17(13)26/h1-8,16H,9-12H2,(H,24,25,27)/t16-/m1/s1. The summed E-state index contributed by atoms with van der Waals surface area (Å²) in [6, 6.07) is 13.4. The van der Waals surface area contributed by atoms with Crippen LogP contribution in [0.15, 0.2) is 48.5 Å². The van der Waals surface area contributed by atoms with Crippen molar-refractivity contribution in [3.8, 4) is 0 Å². The van der Waals surface area contributed by atoms with Gasteiger partial charge in [-0.05, 0) is 55.2 Å². The SMILES string of the molecule is O=C(Nc1nc2c(s1)CC[C@H]2C(=O)N1CCc2ccccc21)c1ccc(F)cc1. The zero-order valence-corrected chi connectivity index (χ0v) is 16.3. The molecule has 0 spiro atoms. The molecule has 1 aliphatic carbocycles. The summed E-state index contributed by atoms with van der Waals surface area (Å²) >= 11 is 1.41. The lowest BCUT2D eigenvalue weighted by molar-refractivity contribution is -0.120. The number of amides is 2. The van der Waals surface area contributed by atoms with E-state index in [0.29, 0.717) is 17.2 Å². The maximum absolute atomic E-state index is 13.2. The third-order valence-corrected chi connectivity index (χ3v) is 6.54. The molecule has 1 aromatic heterocycles. The molecule has 2 heterocycles. The Bertz CT molecular complexity index is 1110. The van der Waals surface area contributed by atoms with Gasteiger partial charge in [0.1, 0.15) is 5.82 Å². The second kappa shape index (κ2) is 7.08. The molecule has 5 rings (SSSR count). The van der Waals surface area contributed by atoms with Crippen LogP contribution in [0, 0.1) is 5.82 Å². The fourth-order valence-corrected chi connectivity index (χ4v) is 5.08. The van der Waals surface area contributed by atoms with E-state index in [-0.39, 0.29) is 23.5 Å². The molecular formula is C22H18FN3O2S. The molecule has 7 heteroatoms. The Hall–Kier alpha value is -3.06. The van der Waals surface area contributed by atoms with E-state index in [1.807, 2.05) is 23.1 Å². The number of hydrogen-bond acceptors (Lipinski definition) is 4. The summed E-state index contributed by atoms with van der Waals surface area (Å²) in [6.07, 6.45) is 2.40. The number of fused-ring (bicyclic) bond motifs is 2. The monoisotopic (exact) mass is 407 g/mol. The van der Waals surface area contributed by atoms with Gasteiger partial charge in [0.05, 0.1) is 11.6 Å². The number of hydrogen-bond donors (Lipinski definition) is 1. The maximum atomic E-state index is 13.2. The molecule has 1 aliphatic heterocycles. The first-order chi connectivity index (χ1) is 14.1. The van der Waals surface area contributed by atoms with Crippen molar-refractivity contribution in [3.63, 3.8) is 0 Å². The summed E-state index contributed by atoms with van der Waals surface area (Å²) in [7, 11) is 0. The van der Waals surface area contributed by atoms with Crippen LogP contribution in [0.2, 0.25) is 0 Å². The van der Waals surface area contributed by atoms with Crippen LogP contribution in [0.3, 0.4) is 0 Å². The lowest BCUT2D eigenvalue weighted by Gasteiger charge is -2.21. The van der Waals surface area contributed by atoms with Crippen LogP contribution >= 0.6 is 11.3 Å². The molecule has 5 nitrogen and oxygen atoms in total. The van der Waals surface area contributed by atoms with Gasteiger partial charge < -0.3 is 4.90 Å². The molecule has 0 radical (unpaired) electrons. The molecule has 146 valence electrons. The number of aromatic nitrogens is 1. The van der Waals surface area contributed by atoms with Crippen molar-refractivity contribution in [1.29, 1.82) is 0 Å². The van der Waals surface area contributed by atoms with Crippen molar-refractivity contribution in [2.45, 2.75) is 25.2 Å². The van der Waals surface area contributed by atoms with Gasteiger partial charge in [0.25, 0.3) is 5.91 Å². The summed E-state index contributed by atoms with van der Waals surface area (Å²) < 4.78 is 13.0. The van der Waals surface area contributed by atoms with E-state index in [1.54, 1.807) is 0 Å². The van der Waals surface area contributed by atoms with Gasteiger partial charge in [-0.1, -0.05) is 18.2 Å². The summed E-state index contributed by atoms with van der Waals surface area (Å²) in [4.78, 5) is 33.1. The highest BCUT2D eigenvalue weighted by Gasteiger charge is 2.37. The minimum atomic E-state index is -0.389. The smallest absolute Gasteiger partial charge is 0.257 e. The summed E-state index contributed by atoms with van der Waals surface area (Å²) in [5.41, 5.74) is 3.33. The third-order valence-electron chi connectivity index (χ3n) is 5.50. The predicted molar refractivity (Wildman–Crippen MR) is 110 cm³/mol. The molecule has 0 saturated carbocycles. The van der Waals surface area contributed by atoms with Gasteiger partial charge in [-0.25, -0.2) is 9.37 Å². The predicted octanol–water partition coefficient (Wildman–Crippen LogP) is 4.15. The van der Waals surface area contributed by atoms with Crippen molar-refractivity contribution in [2.24, 2.45) is 0 Å². The number of carbonyl (C=O) groups is 2. The van der Waals surface area contributed by atoms with E-state index in [2.05, 4.69) is 16.4 Å². The molecule has 2 aromatic carbocycles. The van der Waals surface area contributed by atoms with Crippen LogP contribution in [0.1, 0.15) is 38.8 Å². The lowest BCUT2D eigenvalue weighted by Crippen LogP contribution is -2.33. The highest BCUT2D eigenvalue weighted by molar-refractivity contribution is 7.16. The minimum absolute atomic E-state index is 0.0791. The summed E-state index contributed by atoms with van der Waals surface area (Å²) in [6.45, 7) is 0.697. The number of para-hydroxylation sites is 1. The maximum Gasteiger partial charge on any atom is 0.257 e. The normalized spacial score (nSPS) is 17.1. The Balaban J connectivity index is 1.34. The molecular weight excluding hydrogens is 389 g/mol. The van der Waals surface area contributed by atoms with Crippen LogP contribution < -0.4 is 10.2 Å². The number of aryl methyl sites for hydroxylation is 1. The first-order valence-corrected chi connectivity index (χ1v) is 10.4. The Labute approximate surface area is 171 Å². The average molecular weight is 407 g/mol. The molecule has 0 fully saturated rings. The molecule has 0 unspecified atom stereocenters. The minimum Gasteiger partial charge on any atom is -0.311 e. The number of rotatable bonds is 3.